The maximum atomic E-state index is 2.45. The van der Waals surface area contributed by atoms with Crippen LogP contribution < -0.4 is 0 Å². The van der Waals surface area contributed by atoms with Crippen LogP contribution in [0.2, 0.25) is 0 Å². The molecule has 0 nitrogen and oxygen atoms in total. The highest BCUT2D eigenvalue weighted by atomic mass is 14.6. The second kappa shape index (κ2) is 2.25. The first-order valence-corrected chi connectivity index (χ1v) is 4.84. The Balaban J connectivity index is 1.98. The van der Waals surface area contributed by atoms with E-state index in [1.54, 1.807) is 6.42 Å². The summed E-state index contributed by atoms with van der Waals surface area (Å²) in [6.45, 7) is 4.81. The van der Waals surface area contributed by atoms with Crippen LogP contribution in [0.25, 0.3) is 0 Å². The van der Waals surface area contributed by atoms with Crippen LogP contribution in [-0.4, -0.2) is 0 Å². The van der Waals surface area contributed by atoms with E-state index in [1.807, 2.05) is 0 Å². The fourth-order valence-electron chi connectivity index (χ4n) is 3.10. The standard InChI is InChI=1S/C10H18/c1-3-8-5-4-6-9-7(2)10(8)9/h7-10H,3-6H2,1-2H3/t7-,8+,9?,10+/m1/s1. The Kier molecular flexibility index (Phi) is 1.51. The molecule has 2 rings (SSSR count). The van der Waals surface area contributed by atoms with Crippen LogP contribution in [0.1, 0.15) is 39.5 Å². The van der Waals surface area contributed by atoms with E-state index >= 15 is 0 Å². The summed E-state index contributed by atoms with van der Waals surface area (Å²) in [7, 11) is 0. The first-order valence-electron chi connectivity index (χ1n) is 4.84. The van der Waals surface area contributed by atoms with E-state index in [0.717, 1.165) is 23.7 Å². The normalized spacial score (nSPS) is 52.2. The molecule has 0 aliphatic heterocycles. The van der Waals surface area contributed by atoms with Crippen LogP contribution in [0.3, 0.4) is 0 Å². The van der Waals surface area contributed by atoms with Gasteiger partial charge in [-0.05, 0) is 30.1 Å². The maximum absolute atomic E-state index is 2.45. The molecule has 0 aromatic rings. The lowest BCUT2D eigenvalue weighted by atomic mass is 9.87. The summed E-state index contributed by atoms with van der Waals surface area (Å²) >= 11 is 0. The average molecular weight is 138 g/mol. The van der Waals surface area contributed by atoms with E-state index < -0.39 is 0 Å². The monoisotopic (exact) mass is 138 g/mol. The predicted molar refractivity (Wildman–Crippen MR) is 43.8 cm³/mol. The molecule has 1 unspecified atom stereocenters. The summed E-state index contributed by atoms with van der Waals surface area (Å²) in [5.74, 6) is 4.50. The van der Waals surface area contributed by atoms with Crippen LogP contribution in [-0.2, 0) is 0 Å². The number of fused-ring (bicyclic) bond motifs is 1. The van der Waals surface area contributed by atoms with Crippen LogP contribution in [0.15, 0.2) is 0 Å². The van der Waals surface area contributed by atoms with Crippen molar-refractivity contribution in [1.82, 2.24) is 0 Å². The largest absolute Gasteiger partial charge is 0.0651 e. The van der Waals surface area contributed by atoms with Gasteiger partial charge >= 0.3 is 0 Å². The molecule has 0 spiro atoms. The molecular formula is C10H18. The second-order valence-corrected chi connectivity index (χ2v) is 4.20. The summed E-state index contributed by atoms with van der Waals surface area (Å²) in [5.41, 5.74) is 0. The van der Waals surface area contributed by atoms with Gasteiger partial charge in [0.2, 0.25) is 0 Å². The Morgan fingerprint density at radius 2 is 2.10 bits per heavy atom. The van der Waals surface area contributed by atoms with E-state index in [9.17, 15) is 0 Å². The number of rotatable bonds is 1. The lowest BCUT2D eigenvalue weighted by Crippen LogP contribution is -2.08. The first-order chi connectivity index (χ1) is 4.84. The van der Waals surface area contributed by atoms with E-state index in [4.69, 9.17) is 0 Å². The Morgan fingerprint density at radius 1 is 1.30 bits per heavy atom. The molecule has 58 valence electrons. The fraction of sp³-hybridized carbons (Fsp3) is 1.00. The molecule has 0 amide bonds. The molecule has 0 aromatic heterocycles. The third-order valence-electron chi connectivity index (χ3n) is 3.82. The van der Waals surface area contributed by atoms with E-state index in [-0.39, 0.29) is 0 Å². The van der Waals surface area contributed by atoms with Crippen LogP contribution in [0, 0.1) is 23.7 Å². The van der Waals surface area contributed by atoms with E-state index in [0.29, 0.717) is 0 Å². The number of hydrogen-bond donors (Lipinski definition) is 0. The lowest BCUT2D eigenvalue weighted by Gasteiger charge is -2.18. The SMILES string of the molecule is CC[C@H]1CCCC2[C@H]1[C@@H]2C. The van der Waals surface area contributed by atoms with Crippen molar-refractivity contribution >= 4 is 0 Å². The van der Waals surface area contributed by atoms with Crippen molar-refractivity contribution in [2.45, 2.75) is 39.5 Å². The van der Waals surface area contributed by atoms with Gasteiger partial charge < -0.3 is 0 Å². The highest BCUT2D eigenvalue weighted by Gasteiger charge is 2.51. The molecule has 0 radical (unpaired) electrons. The molecule has 0 saturated heterocycles. The Hall–Kier alpha value is 0. The maximum Gasteiger partial charge on any atom is -0.0326 e. The van der Waals surface area contributed by atoms with Gasteiger partial charge in [0.15, 0.2) is 0 Å². The zero-order valence-electron chi connectivity index (χ0n) is 7.14. The average Bonchev–Trinajstić information content (AvgIpc) is 2.63. The predicted octanol–water partition coefficient (Wildman–Crippen LogP) is 3.08. The van der Waals surface area contributed by atoms with Crippen molar-refractivity contribution < 1.29 is 0 Å². The zero-order valence-corrected chi connectivity index (χ0v) is 7.14. The van der Waals surface area contributed by atoms with Gasteiger partial charge in [-0.2, -0.15) is 0 Å². The smallest absolute Gasteiger partial charge is 0.0326 e. The second-order valence-electron chi connectivity index (χ2n) is 4.20. The van der Waals surface area contributed by atoms with Crippen molar-refractivity contribution in [2.24, 2.45) is 23.7 Å². The Labute approximate surface area is 64.0 Å². The third kappa shape index (κ3) is 0.810. The van der Waals surface area contributed by atoms with Gasteiger partial charge in [0, 0.05) is 0 Å². The van der Waals surface area contributed by atoms with Crippen molar-refractivity contribution in [2.75, 3.05) is 0 Å². The highest BCUT2D eigenvalue weighted by molar-refractivity contribution is 5.00. The zero-order chi connectivity index (χ0) is 7.14. The molecule has 0 heteroatoms. The van der Waals surface area contributed by atoms with Gasteiger partial charge in [-0.3, -0.25) is 0 Å². The topological polar surface area (TPSA) is 0 Å². The summed E-state index contributed by atoms with van der Waals surface area (Å²) in [5, 5.41) is 0. The quantitative estimate of drug-likeness (QED) is 0.522. The van der Waals surface area contributed by atoms with E-state index in [2.05, 4.69) is 13.8 Å². The van der Waals surface area contributed by atoms with Crippen molar-refractivity contribution in [3.05, 3.63) is 0 Å². The Morgan fingerprint density at radius 3 is 2.70 bits per heavy atom. The van der Waals surface area contributed by atoms with Crippen LogP contribution >= 0.6 is 0 Å². The lowest BCUT2D eigenvalue weighted by molar-refractivity contribution is 0.325. The van der Waals surface area contributed by atoms with Gasteiger partial charge in [-0.15, -0.1) is 0 Å². The third-order valence-corrected chi connectivity index (χ3v) is 3.82. The molecule has 10 heavy (non-hydrogen) atoms. The molecule has 0 bridgehead atoms. The molecule has 0 heterocycles. The van der Waals surface area contributed by atoms with Gasteiger partial charge in [-0.25, -0.2) is 0 Å². The minimum Gasteiger partial charge on any atom is -0.0651 e. The van der Waals surface area contributed by atoms with Crippen molar-refractivity contribution in [1.29, 1.82) is 0 Å². The summed E-state index contributed by atoms with van der Waals surface area (Å²) in [4.78, 5) is 0. The fourth-order valence-corrected chi connectivity index (χ4v) is 3.10. The molecule has 4 atom stereocenters. The first kappa shape index (κ1) is 6.69. The molecule has 2 aliphatic carbocycles. The van der Waals surface area contributed by atoms with Crippen molar-refractivity contribution in [3.8, 4) is 0 Å². The highest BCUT2D eigenvalue weighted by Crippen LogP contribution is 2.58. The number of hydrogen-bond acceptors (Lipinski definition) is 0. The molecule has 0 N–H and O–H groups in total. The van der Waals surface area contributed by atoms with E-state index in [1.165, 1.54) is 19.3 Å². The van der Waals surface area contributed by atoms with Gasteiger partial charge in [0.05, 0.1) is 0 Å². The van der Waals surface area contributed by atoms with Gasteiger partial charge in [0.1, 0.15) is 0 Å². The molecule has 2 saturated carbocycles. The summed E-state index contributed by atoms with van der Waals surface area (Å²) in [6, 6.07) is 0. The van der Waals surface area contributed by atoms with Gasteiger partial charge in [0.25, 0.3) is 0 Å². The Bertz CT molecular complexity index is 128. The summed E-state index contributed by atoms with van der Waals surface area (Å²) < 4.78 is 0. The minimum atomic E-state index is 1.09. The molecule has 2 aliphatic rings. The van der Waals surface area contributed by atoms with Crippen LogP contribution in [0.4, 0.5) is 0 Å². The van der Waals surface area contributed by atoms with Gasteiger partial charge in [-0.1, -0.05) is 33.1 Å². The van der Waals surface area contributed by atoms with Crippen LogP contribution in [0.5, 0.6) is 0 Å². The minimum absolute atomic E-state index is 1.09. The van der Waals surface area contributed by atoms with Crippen molar-refractivity contribution in [3.63, 3.8) is 0 Å². The molecule has 2 fully saturated rings. The summed E-state index contributed by atoms with van der Waals surface area (Å²) in [6.07, 6.45) is 6.03. The molecular weight excluding hydrogens is 120 g/mol. The molecule has 0 aromatic carbocycles.